The molecule has 1 N–H and O–H groups in total. The molecule has 0 spiro atoms. The first kappa shape index (κ1) is 10.2. The fourth-order valence-electron chi connectivity index (χ4n) is 1.12. The molecule has 0 atom stereocenters. The van der Waals surface area contributed by atoms with Crippen LogP contribution in [0.5, 0.6) is 0 Å². The van der Waals surface area contributed by atoms with E-state index in [1.165, 1.54) is 5.56 Å². The molecule has 13 heavy (non-hydrogen) atoms. The molecule has 1 heterocycles. The van der Waals surface area contributed by atoms with Gasteiger partial charge >= 0.3 is 0 Å². The van der Waals surface area contributed by atoms with Crippen molar-refractivity contribution in [3.8, 4) is 0 Å². The number of nitrogens with one attached hydrogen (secondary N) is 1. The summed E-state index contributed by atoms with van der Waals surface area (Å²) in [5.41, 5.74) is 2.33. The Hall–Kier alpha value is -0.930. The van der Waals surface area contributed by atoms with Gasteiger partial charge in [-0.2, -0.15) is 0 Å². The molecule has 0 aliphatic carbocycles. The molecule has 0 aliphatic rings. The maximum Gasteiger partial charge on any atom is 0.0587 e. The molecule has 3 heteroatoms. The van der Waals surface area contributed by atoms with Gasteiger partial charge in [-0.05, 0) is 24.6 Å². The third kappa shape index (κ3) is 4.01. The smallest absolute Gasteiger partial charge is 0.0587 e. The van der Waals surface area contributed by atoms with E-state index in [-0.39, 0.29) is 0 Å². The second-order valence-corrected chi connectivity index (χ2v) is 2.98. The lowest BCUT2D eigenvalue weighted by Crippen LogP contribution is -2.18. The molecule has 0 saturated heterocycles. The van der Waals surface area contributed by atoms with E-state index in [4.69, 9.17) is 4.74 Å². The summed E-state index contributed by atoms with van der Waals surface area (Å²) in [4.78, 5) is 4.13. The van der Waals surface area contributed by atoms with E-state index >= 15 is 0 Å². The SMILES string of the molecule is COCCNCc1ccnc(C)c1. The first-order valence-electron chi connectivity index (χ1n) is 4.44. The van der Waals surface area contributed by atoms with E-state index in [0.717, 1.165) is 25.4 Å². The summed E-state index contributed by atoms with van der Waals surface area (Å²) in [6, 6.07) is 4.10. The zero-order chi connectivity index (χ0) is 9.52. The van der Waals surface area contributed by atoms with Gasteiger partial charge in [0.05, 0.1) is 6.61 Å². The van der Waals surface area contributed by atoms with Crippen LogP contribution in [0.2, 0.25) is 0 Å². The lowest BCUT2D eigenvalue weighted by Gasteiger charge is -2.04. The lowest BCUT2D eigenvalue weighted by molar-refractivity contribution is 0.199. The summed E-state index contributed by atoms with van der Waals surface area (Å²) in [6.07, 6.45) is 1.84. The molecule has 0 aliphatic heterocycles. The zero-order valence-corrected chi connectivity index (χ0v) is 8.21. The van der Waals surface area contributed by atoms with Crippen LogP contribution >= 0.6 is 0 Å². The predicted molar refractivity (Wildman–Crippen MR) is 52.6 cm³/mol. The van der Waals surface area contributed by atoms with E-state index < -0.39 is 0 Å². The monoisotopic (exact) mass is 180 g/mol. The zero-order valence-electron chi connectivity index (χ0n) is 8.21. The molecule has 0 saturated carbocycles. The summed E-state index contributed by atoms with van der Waals surface area (Å²) < 4.78 is 4.93. The molecule has 1 aromatic rings. The third-order valence-corrected chi connectivity index (χ3v) is 1.77. The maximum atomic E-state index is 4.93. The molecule has 0 unspecified atom stereocenters. The number of ether oxygens (including phenoxy) is 1. The standard InChI is InChI=1S/C10H16N2O/c1-9-7-10(3-4-12-9)8-11-5-6-13-2/h3-4,7,11H,5-6,8H2,1-2H3. The molecule has 0 radical (unpaired) electrons. The number of hydrogen-bond acceptors (Lipinski definition) is 3. The van der Waals surface area contributed by atoms with Crippen LogP contribution in [0.15, 0.2) is 18.3 Å². The van der Waals surface area contributed by atoms with Gasteiger partial charge in [0.15, 0.2) is 0 Å². The van der Waals surface area contributed by atoms with Crippen molar-refractivity contribution in [3.05, 3.63) is 29.6 Å². The molecule has 1 aromatic heterocycles. The summed E-state index contributed by atoms with van der Waals surface area (Å²) in [5, 5.41) is 3.28. The van der Waals surface area contributed by atoms with Crippen molar-refractivity contribution >= 4 is 0 Å². The predicted octanol–water partition coefficient (Wildman–Crippen LogP) is 1.13. The second kappa shape index (κ2) is 5.67. The van der Waals surface area contributed by atoms with Crippen molar-refractivity contribution in [1.29, 1.82) is 0 Å². The number of pyridine rings is 1. The van der Waals surface area contributed by atoms with Crippen LogP contribution < -0.4 is 5.32 Å². The number of methoxy groups -OCH3 is 1. The van der Waals surface area contributed by atoms with Crippen LogP contribution in [0.4, 0.5) is 0 Å². The minimum absolute atomic E-state index is 0.754. The summed E-state index contributed by atoms with van der Waals surface area (Å²) in [6.45, 7) is 4.52. The fraction of sp³-hybridized carbons (Fsp3) is 0.500. The topological polar surface area (TPSA) is 34.1 Å². The average Bonchev–Trinajstić information content (AvgIpc) is 2.13. The Morgan fingerprint density at radius 2 is 2.38 bits per heavy atom. The van der Waals surface area contributed by atoms with Gasteiger partial charge in [-0.3, -0.25) is 4.98 Å². The highest BCUT2D eigenvalue weighted by Crippen LogP contribution is 1.99. The van der Waals surface area contributed by atoms with Crippen molar-refractivity contribution < 1.29 is 4.74 Å². The summed E-state index contributed by atoms with van der Waals surface area (Å²) >= 11 is 0. The van der Waals surface area contributed by atoms with Gasteiger partial charge in [-0.15, -0.1) is 0 Å². The van der Waals surface area contributed by atoms with Gasteiger partial charge in [-0.25, -0.2) is 0 Å². The molecule has 0 fully saturated rings. The van der Waals surface area contributed by atoms with Gasteiger partial charge in [0, 0.05) is 32.1 Å². The van der Waals surface area contributed by atoms with Crippen LogP contribution in [-0.2, 0) is 11.3 Å². The van der Waals surface area contributed by atoms with Crippen LogP contribution in [-0.4, -0.2) is 25.2 Å². The summed E-state index contributed by atoms with van der Waals surface area (Å²) in [5.74, 6) is 0. The number of aromatic nitrogens is 1. The number of nitrogens with zero attached hydrogens (tertiary/aromatic N) is 1. The van der Waals surface area contributed by atoms with Crippen molar-refractivity contribution in [3.63, 3.8) is 0 Å². The van der Waals surface area contributed by atoms with Gasteiger partial charge in [0.25, 0.3) is 0 Å². The van der Waals surface area contributed by atoms with E-state index in [2.05, 4.69) is 16.4 Å². The maximum absolute atomic E-state index is 4.93. The first-order valence-corrected chi connectivity index (χ1v) is 4.44. The van der Waals surface area contributed by atoms with E-state index in [1.54, 1.807) is 7.11 Å². The Balaban J connectivity index is 2.28. The number of rotatable bonds is 5. The Labute approximate surface area is 79.1 Å². The number of hydrogen-bond donors (Lipinski definition) is 1. The Morgan fingerprint density at radius 1 is 1.54 bits per heavy atom. The minimum atomic E-state index is 0.754. The van der Waals surface area contributed by atoms with Crippen molar-refractivity contribution in [2.45, 2.75) is 13.5 Å². The lowest BCUT2D eigenvalue weighted by atomic mass is 10.2. The highest BCUT2D eigenvalue weighted by atomic mass is 16.5. The average molecular weight is 180 g/mol. The van der Waals surface area contributed by atoms with Crippen LogP contribution in [0.25, 0.3) is 0 Å². The van der Waals surface area contributed by atoms with E-state index in [0.29, 0.717) is 0 Å². The molecule has 0 aromatic carbocycles. The van der Waals surface area contributed by atoms with Gasteiger partial charge < -0.3 is 10.1 Å². The highest BCUT2D eigenvalue weighted by molar-refractivity contribution is 5.14. The molecular formula is C10H16N2O. The van der Waals surface area contributed by atoms with Gasteiger partial charge in [-0.1, -0.05) is 0 Å². The highest BCUT2D eigenvalue weighted by Gasteiger charge is 1.92. The minimum Gasteiger partial charge on any atom is -0.383 e. The van der Waals surface area contributed by atoms with E-state index in [9.17, 15) is 0 Å². The van der Waals surface area contributed by atoms with Crippen molar-refractivity contribution in [2.75, 3.05) is 20.3 Å². The van der Waals surface area contributed by atoms with Crippen LogP contribution in [0, 0.1) is 6.92 Å². The van der Waals surface area contributed by atoms with Gasteiger partial charge in [0.2, 0.25) is 0 Å². The quantitative estimate of drug-likeness (QED) is 0.690. The van der Waals surface area contributed by atoms with Crippen LogP contribution in [0.3, 0.4) is 0 Å². The normalized spacial score (nSPS) is 10.3. The summed E-state index contributed by atoms with van der Waals surface area (Å²) in [7, 11) is 1.71. The Bertz CT molecular complexity index is 250. The first-order chi connectivity index (χ1) is 6.33. The Kier molecular flexibility index (Phi) is 4.43. The molecule has 3 nitrogen and oxygen atoms in total. The molecule has 72 valence electrons. The molecule has 1 rings (SSSR count). The van der Waals surface area contributed by atoms with Gasteiger partial charge in [0.1, 0.15) is 0 Å². The van der Waals surface area contributed by atoms with Crippen molar-refractivity contribution in [1.82, 2.24) is 10.3 Å². The largest absolute Gasteiger partial charge is 0.383 e. The number of aryl methyl sites for hydroxylation is 1. The van der Waals surface area contributed by atoms with E-state index in [1.807, 2.05) is 19.2 Å². The van der Waals surface area contributed by atoms with Crippen molar-refractivity contribution in [2.24, 2.45) is 0 Å². The third-order valence-electron chi connectivity index (χ3n) is 1.77. The molecule has 0 bridgehead atoms. The Morgan fingerprint density at radius 3 is 3.08 bits per heavy atom. The fourth-order valence-corrected chi connectivity index (χ4v) is 1.12. The molecule has 0 amide bonds. The molecular weight excluding hydrogens is 164 g/mol. The van der Waals surface area contributed by atoms with Crippen LogP contribution in [0.1, 0.15) is 11.3 Å². The second-order valence-electron chi connectivity index (χ2n) is 2.98.